The molecule has 11 heteroatoms. The fourth-order valence-corrected chi connectivity index (χ4v) is 1.74. The molecule has 0 atom stereocenters. The molecule has 0 aliphatic carbocycles. The van der Waals surface area contributed by atoms with Crippen molar-refractivity contribution in [1.82, 2.24) is 0 Å². The molecule has 1 aromatic rings. The van der Waals surface area contributed by atoms with Gasteiger partial charge in [0.1, 0.15) is 0 Å². The van der Waals surface area contributed by atoms with Crippen molar-refractivity contribution < 1.29 is 33.0 Å². The average molecular weight is 286 g/mol. The molecule has 9 nitrogen and oxygen atoms in total. The number of nitrogen functional groups attached to an aromatic ring is 2. The molecule has 0 spiro atoms. The first-order chi connectivity index (χ1) is 7.49. The molecule has 8 N–H and O–H groups in total. The molecule has 17 heavy (non-hydrogen) atoms. The maximum Gasteiger partial charge on any atom is 0.478 e. The minimum atomic E-state index is -5.05. The van der Waals surface area contributed by atoms with E-state index >= 15 is 0 Å². The van der Waals surface area contributed by atoms with Crippen LogP contribution in [0.4, 0.5) is 11.4 Å². The highest BCUT2D eigenvalue weighted by Crippen LogP contribution is 2.53. The molecule has 0 saturated carbocycles. The van der Waals surface area contributed by atoms with Gasteiger partial charge in [-0.1, -0.05) is 0 Å². The molecule has 0 aromatic heterocycles. The summed E-state index contributed by atoms with van der Waals surface area (Å²) < 4.78 is 22.2. The van der Waals surface area contributed by atoms with Gasteiger partial charge in [-0.2, -0.15) is 4.31 Å². The van der Waals surface area contributed by atoms with Gasteiger partial charge in [-0.25, -0.2) is 9.13 Å². The molecular weight excluding hydrogens is 274 g/mol. The Bertz CT molecular complexity index is 395. The maximum absolute atomic E-state index is 9.63. The van der Waals surface area contributed by atoms with Gasteiger partial charge in [-0.15, -0.1) is 0 Å². The Labute approximate surface area is 96.5 Å². The number of nitrogens with two attached hydrogens (primary N) is 2. The predicted octanol–water partition coefficient (Wildman–Crippen LogP) is 0.0394. The average Bonchev–Trinajstić information content (AvgIpc) is 2.04. The van der Waals surface area contributed by atoms with Crippen LogP contribution in [-0.4, -0.2) is 19.6 Å². The lowest BCUT2D eigenvalue weighted by molar-refractivity contribution is 0.225. The molecule has 0 aliphatic heterocycles. The van der Waals surface area contributed by atoms with E-state index in [0.717, 1.165) is 11.4 Å². The monoisotopic (exact) mass is 286 g/mol. The highest BCUT2D eigenvalue weighted by atomic mass is 31.3. The third-order valence-electron chi connectivity index (χ3n) is 1.15. The summed E-state index contributed by atoms with van der Waals surface area (Å²) in [4.78, 5) is 31.0. The fraction of sp³-hybridized carbons (Fsp3) is 0. The van der Waals surface area contributed by atoms with Crippen LogP contribution in [0.1, 0.15) is 0 Å². The smallest absolute Gasteiger partial charge is 0.399 e. The number of phosphoric acid groups is 2. The molecule has 0 fully saturated rings. The Morgan fingerprint density at radius 3 is 1.18 bits per heavy atom. The fourth-order valence-electron chi connectivity index (χ4n) is 0.635. The Morgan fingerprint density at radius 1 is 0.824 bits per heavy atom. The molecule has 0 heterocycles. The lowest BCUT2D eigenvalue weighted by atomic mass is 10.3. The molecule has 0 aliphatic rings. The van der Waals surface area contributed by atoms with Gasteiger partial charge in [0.2, 0.25) is 0 Å². The van der Waals surface area contributed by atoms with Crippen LogP contribution in [0, 0.1) is 0 Å². The van der Waals surface area contributed by atoms with Crippen molar-refractivity contribution in [2.75, 3.05) is 11.5 Å². The summed E-state index contributed by atoms with van der Waals surface area (Å²) in [6.07, 6.45) is 0. The van der Waals surface area contributed by atoms with Crippen LogP contribution in [0.3, 0.4) is 0 Å². The zero-order chi connectivity index (χ0) is 13.7. The van der Waals surface area contributed by atoms with E-state index in [1.807, 2.05) is 0 Å². The van der Waals surface area contributed by atoms with Crippen molar-refractivity contribution in [3.8, 4) is 0 Å². The minimum Gasteiger partial charge on any atom is -0.399 e. The molecule has 0 radical (unpaired) electrons. The van der Waals surface area contributed by atoms with Crippen LogP contribution >= 0.6 is 15.6 Å². The van der Waals surface area contributed by atoms with Crippen LogP contribution in [0.25, 0.3) is 0 Å². The first-order valence-electron chi connectivity index (χ1n) is 3.93. The third kappa shape index (κ3) is 11.3. The first-order valence-corrected chi connectivity index (χ1v) is 6.99. The van der Waals surface area contributed by atoms with Gasteiger partial charge in [0.15, 0.2) is 0 Å². The van der Waals surface area contributed by atoms with E-state index in [-0.39, 0.29) is 0 Å². The highest BCUT2D eigenvalue weighted by molar-refractivity contribution is 7.60. The molecular formula is C6H12N2O7P2. The normalized spacial score (nSPS) is 11.5. The number of rotatable bonds is 2. The van der Waals surface area contributed by atoms with Crippen molar-refractivity contribution in [2.24, 2.45) is 0 Å². The summed E-state index contributed by atoms with van der Waals surface area (Å²) in [5, 5.41) is 0. The van der Waals surface area contributed by atoms with Crippen molar-refractivity contribution in [3.05, 3.63) is 24.3 Å². The lowest BCUT2D eigenvalue weighted by Gasteiger charge is -2.03. The highest BCUT2D eigenvalue weighted by Gasteiger charge is 2.27. The van der Waals surface area contributed by atoms with E-state index in [2.05, 4.69) is 4.31 Å². The quantitative estimate of drug-likeness (QED) is 0.323. The van der Waals surface area contributed by atoms with Gasteiger partial charge in [-0.3, -0.25) is 0 Å². The molecule has 1 aromatic carbocycles. The Morgan fingerprint density at radius 2 is 1.06 bits per heavy atom. The summed E-state index contributed by atoms with van der Waals surface area (Å²) in [6, 6.07) is 7.09. The Balaban J connectivity index is 0.000000302. The van der Waals surface area contributed by atoms with Crippen LogP contribution < -0.4 is 11.5 Å². The van der Waals surface area contributed by atoms with E-state index in [9.17, 15) is 9.13 Å². The zero-order valence-corrected chi connectivity index (χ0v) is 10.2. The SMILES string of the molecule is Nc1ccc(N)cc1.O=P(O)(O)OP(=O)(O)O. The van der Waals surface area contributed by atoms with E-state index in [4.69, 9.17) is 31.0 Å². The summed E-state index contributed by atoms with van der Waals surface area (Å²) in [7, 11) is -10.1. The molecule has 0 saturated heterocycles. The van der Waals surface area contributed by atoms with Crippen molar-refractivity contribution in [3.63, 3.8) is 0 Å². The van der Waals surface area contributed by atoms with E-state index < -0.39 is 15.6 Å². The van der Waals surface area contributed by atoms with E-state index in [1.165, 1.54) is 0 Å². The number of benzene rings is 1. The molecule has 98 valence electrons. The zero-order valence-electron chi connectivity index (χ0n) is 8.37. The van der Waals surface area contributed by atoms with Crippen LogP contribution in [0.5, 0.6) is 0 Å². The summed E-state index contributed by atoms with van der Waals surface area (Å²) in [5.41, 5.74) is 12.2. The molecule has 0 bridgehead atoms. The lowest BCUT2D eigenvalue weighted by Crippen LogP contribution is -1.86. The van der Waals surface area contributed by atoms with Gasteiger partial charge in [0.25, 0.3) is 0 Å². The van der Waals surface area contributed by atoms with Crippen LogP contribution in [0.2, 0.25) is 0 Å². The molecule has 0 amide bonds. The van der Waals surface area contributed by atoms with Gasteiger partial charge in [0.05, 0.1) is 0 Å². The number of hydrogen-bond donors (Lipinski definition) is 6. The van der Waals surface area contributed by atoms with E-state index in [1.54, 1.807) is 24.3 Å². The predicted molar refractivity (Wildman–Crippen MR) is 60.4 cm³/mol. The van der Waals surface area contributed by atoms with E-state index in [0.29, 0.717) is 0 Å². The molecule has 0 unspecified atom stereocenters. The van der Waals surface area contributed by atoms with Crippen LogP contribution in [0.15, 0.2) is 24.3 Å². The number of hydrogen-bond acceptors (Lipinski definition) is 5. The van der Waals surface area contributed by atoms with Crippen molar-refractivity contribution >= 4 is 27.0 Å². The van der Waals surface area contributed by atoms with Gasteiger partial charge < -0.3 is 31.0 Å². The standard InChI is InChI=1S/C6H8N2.H4O7P2/c7-5-1-2-6(8)4-3-5;1-8(2,3)7-9(4,5)6/h1-4H,7-8H2;(H2,1,2,3)(H2,4,5,6). The largest absolute Gasteiger partial charge is 0.478 e. The first kappa shape index (κ1) is 16.1. The Kier molecular flexibility index (Phi) is 5.80. The minimum absolute atomic E-state index is 0.749. The van der Waals surface area contributed by atoms with Crippen molar-refractivity contribution in [2.45, 2.75) is 0 Å². The second-order valence-corrected chi connectivity index (χ2v) is 5.34. The topological polar surface area (TPSA) is 176 Å². The van der Waals surface area contributed by atoms with Crippen molar-refractivity contribution in [1.29, 1.82) is 0 Å². The summed E-state index contributed by atoms with van der Waals surface area (Å²) in [5.74, 6) is 0. The molecule has 1 rings (SSSR count). The second kappa shape index (κ2) is 6.13. The number of anilines is 2. The van der Waals surface area contributed by atoms with Crippen LogP contribution in [-0.2, 0) is 13.4 Å². The second-order valence-electron chi connectivity index (χ2n) is 2.73. The summed E-state index contributed by atoms with van der Waals surface area (Å²) in [6.45, 7) is 0. The van der Waals surface area contributed by atoms with Gasteiger partial charge >= 0.3 is 15.6 Å². The third-order valence-corrected chi connectivity index (χ3v) is 2.85. The maximum atomic E-state index is 9.63. The Hall–Kier alpha value is -0.920. The van der Waals surface area contributed by atoms with Gasteiger partial charge in [0, 0.05) is 11.4 Å². The van der Waals surface area contributed by atoms with Gasteiger partial charge in [-0.05, 0) is 24.3 Å². The summed E-state index contributed by atoms with van der Waals surface area (Å²) >= 11 is 0.